The summed E-state index contributed by atoms with van der Waals surface area (Å²) in [4.78, 5) is 13.5. The molecule has 1 atom stereocenters. The third-order valence-electron chi connectivity index (χ3n) is 2.71. The first-order valence-electron chi connectivity index (χ1n) is 6.07. The quantitative estimate of drug-likeness (QED) is 0.725. The molecule has 4 heteroatoms. The molecule has 0 bridgehead atoms. The molecule has 0 N–H and O–H groups in total. The van der Waals surface area contributed by atoms with Gasteiger partial charge in [0.15, 0.2) is 0 Å². The van der Waals surface area contributed by atoms with Crippen molar-refractivity contribution in [3.63, 3.8) is 0 Å². The van der Waals surface area contributed by atoms with Gasteiger partial charge < -0.3 is 14.4 Å². The molecule has 0 radical (unpaired) electrons. The maximum atomic E-state index is 11.8. The number of hydrogen-bond acceptors (Lipinski definition) is 3. The van der Waals surface area contributed by atoms with Gasteiger partial charge >= 0.3 is 6.09 Å². The highest BCUT2D eigenvalue weighted by Gasteiger charge is 2.34. The summed E-state index contributed by atoms with van der Waals surface area (Å²) in [6, 6.07) is 0. The molecule has 4 nitrogen and oxygen atoms in total. The Balaban J connectivity index is 1.76. The van der Waals surface area contributed by atoms with Crippen LogP contribution in [0.1, 0.15) is 40.0 Å². The smallest absolute Gasteiger partial charge is 0.410 e. The standard InChI is InChI=1S/C12H21NO3/c1-12(2,3)16-11(14)13-7-6-10(8-13)15-9-4-5-9/h9-10H,4-8H2,1-3H3. The van der Waals surface area contributed by atoms with Crippen molar-refractivity contribution in [1.82, 2.24) is 4.90 Å². The van der Waals surface area contributed by atoms with Crippen molar-refractivity contribution in [2.45, 2.75) is 57.8 Å². The van der Waals surface area contributed by atoms with Gasteiger partial charge in [0.25, 0.3) is 0 Å². The fraction of sp³-hybridized carbons (Fsp3) is 0.917. The lowest BCUT2D eigenvalue weighted by atomic mass is 10.2. The highest BCUT2D eigenvalue weighted by molar-refractivity contribution is 5.68. The van der Waals surface area contributed by atoms with Crippen molar-refractivity contribution in [3.05, 3.63) is 0 Å². The second-order valence-electron chi connectivity index (χ2n) is 5.67. The van der Waals surface area contributed by atoms with Gasteiger partial charge in [0.05, 0.1) is 18.8 Å². The van der Waals surface area contributed by atoms with Crippen LogP contribution in [0.4, 0.5) is 4.79 Å². The summed E-state index contributed by atoms with van der Waals surface area (Å²) in [5.41, 5.74) is -0.410. The van der Waals surface area contributed by atoms with Crippen LogP contribution < -0.4 is 0 Å². The van der Waals surface area contributed by atoms with Gasteiger partial charge in [-0.25, -0.2) is 4.79 Å². The van der Waals surface area contributed by atoms with E-state index in [1.807, 2.05) is 20.8 Å². The normalized spacial score (nSPS) is 25.9. The van der Waals surface area contributed by atoms with E-state index in [1.165, 1.54) is 12.8 Å². The van der Waals surface area contributed by atoms with Crippen LogP contribution in [0.3, 0.4) is 0 Å². The Morgan fingerprint density at radius 1 is 1.19 bits per heavy atom. The molecule has 1 heterocycles. The van der Waals surface area contributed by atoms with E-state index in [2.05, 4.69) is 0 Å². The summed E-state index contributed by atoms with van der Waals surface area (Å²) >= 11 is 0. The Hall–Kier alpha value is -0.770. The van der Waals surface area contributed by atoms with Gasteiger partial charge in [0.2, 0.25) is 0 Å². The number of hydrogen-bond donors (Lipinski definition) is 0. The fourth-order valence-electron chi connectivity index (χ4n) is 1.81. The van der Waals surface area contributed by atoms with Crippen LogP contribution in [0.25, 0.3) is 0 Å². The van der Waals surface area contributed by atoms with E-state index in [4.69, 9.17) is 9.47 Å². The number of ether oxygens (including phenoxy) is 2. The van der Waals surface area contributed by atoms with Crippen LogP contribution in [0, 0.1) is 0 Å². The van der Waals surface area contributed by atoms with E-state index in [-0.39, 0.29) is 12.2 Å². The molecule has 0 spiro atoms. The Morgan fingerprint density at radius 3 is 2.44 bits per heavy atom. The van der Waals surface area contributed by atoms with Gasteiger partial charge in [-0.2, -0.15) is 0 Å². The van der Waals surface area contributed by atoms with Crippen LogP contribution in [-0.2, 0) is 9.47 Å². The molecule has 1 unspecified atom stereocenters. The number of likely N-dealkylation sites (tertiary alicyclic amines) is 1. The average molecular weight is 227 g/mol. The van der Waals surface area contributed by atoms with E-state index in [9.17, 15) is 4.79 Å². The predicted octanol–water partition coefficient (Wildman–Crippen LogP) is 2.17. The molecule has 2 fully saturated rings. The zero-order valence-corrected chi connectivity index (χ0v) is 10.4. The molecular weight excluding hydrogens is 206 g/mol. The van der Waals surface area contributed by atoms with Gasteiger partial charge in [-0.05, 0) is 40.0 Å². The van der Waals surface area contributed by atoms with E-state index < -0.39 is 5.60 Å². The largest absolute Gasteiger partial charge is 0.444 e. The molecule has 16 heavy (non-hydrogen) atoms. The number of carbonyl (C=O) groups excluding carboxylic acids is 1. The summed E-state index contributed by atoms with van der Waals surface area (Å²) in [5, 5.41) is 0. The molecule has 2 rings (SSSR count). The Labute approximate surface area is 96.9 Å². The lowest BCUT2D eigenvalue weighted by Gasteiger charge is -2.24. The second kappa shape index (κ2) is 4.24. The highest BCUT2D eigenvalue weighted by Crippen LogP contribution is 2.28. The third-order valence-corrected chi connectivity index (χ3v) is 2.71. The number of rotatable bonds is 2. The van der Waals surface area contributed by atoms with E-state index in [1.54, 1.807) is 4.90 Å². The first-order chi connectivity index (χ1) is 7.44. The molecule has 0 aromatic carbocycles. The van der Waals surface area contributed by atoms with E-state index in [0.717, 1.165) is 13.0 Å². The minimum absolute atomic E-state index is 0.214. The predicted molar refractivity (Wildman–Crippen MR) is 60.3 cm³/mol. The molecule has 0 aromatic rings. The minimum atomic E-state index is -0.410. The van der Waals surface area contributed by atoms with Crippen LogP contribution in [0.5, 0.6) is 0 Å². The monoisotopic (exact) mass is 227 g/mol. The molecule has 1 aliphatic carbocycles. The van der Waals surface area contributed by atoms with Gasteiger partial charge in [0, 0.05) is 6.54 Å². The van der Waals surface area contributed by atoms with Crippen molar-refractivity contribution in [1.29, 1.82) is 0 Å². The first-order valence-corrected chi connectivity index (χ1v) is 6.07. The Kier molecular flexibility index (Phi) is 3.10. The van der Waals surface area contributed by atoms with E-state index in [0.29, 0.717) is 12.6 Å². The zero-order chi connectivity index (χ0) is 11.8. The summed E-state index contributed by atoms with van der Waals surface area (Å²) in [6.45, 7) is 7.11. The Morgan fingerprint density at radius 2 is 1.88 bits per heavy atom. The van der Waals surface area contributed by atoms with Crippen molar-refractivity contribution in [2.24, 2.45) is 0 Å². The fourth-order valence-corrected chi connectivity index (χ4v) is 1.81. The second-order valence-corrected chi connectivity index (χ2v) is 5.67. The molecule has 1 saturated heterocycles. The molecular formula is C12H21NO3. The van der Waals surface area contributed by atoms with Crippen molar-refractivity contribution < 1.29 is 14.3 Å². The van der Waals surface area contributed by atoms with Crippen LogP contribution in [-0.4, -0.2) is 41.9 Å². The van der Waals surface area contributed by atoms with Crippen LogP contribution in [0.2, 0.25) is 0 Å². The van der Waals surface area contributed by atoms with Crippen molar-refractivity contribution in [3.8, 4) is 0 Å². The van der Waals surface area contributed by atoms with Crippen molar-refractivity contribution in [2.75, 3.05) is 13.1 Å². The first kappa shape index (κ1) is 11.7. The lowest BCUT2D eigenvalue weighted by molar-refractivity contribution is 0.0182. The maximum absolute atomic E-state index is 11.8. The topological polar surface area (TPSA) is 38.8 Å². The molecule has 1 aliphatic heterocycles. The maximum Gasteiger partial charge on any atom is 0.410 e. The van der Waals surface area contributed by atoms with Crippen LogP contribution >= 0.6 is 0 Å². The summed E-state index contributed by atoms with van der Waals surface area (Å²) < 4.78 is 11.1. The molecule has 2 aliphatic rings. The van der Waals surface area contributed by atoms with Gasteiger partial charge in [-0.1, -0.05) is 0 Å². The van der Waals surface area contributed by atoms with Gasteiger partial charge in [-0.3, -0.25) is 0 Å². The number of carbonyl (C=O) groups is 1. The highest BCUT2D eigenvalue weighted by atomic mass is 16.6. The molecule has 1 saturated carbocycles. The molecule has 92 valence electrons. The van der Waals surface area contributed by atoms with Crippen LogP contribution in [0.15, 0.2) is 0 Å². The molecule has 1 amide bonds. The zero-order valence-electron chi connectivity index (χ0n) is 10.4. The summed E-state index contributed by atoms with van der Waals surface area (Å²) in [5.74, 6) is 0. The SMILES string of the molecule is CC(C)(C)OC(=O)N1CCC(OC2CC2)C1. The van der Waals surface area contributed by atoms with Gasteiger partial charge in [-0.15, -0.1) is 0 Å². The summed E-state index contributed by atoms with van der Waals surface area (Å²) in [6.07, 6.45) is 3.78. The number of nitrogens with zero attached hydrogens (tertiary/aromatic N) is 1. The molecule has 0 aromatic heterocycles. The van der Waals surface area contributed by atoms with E-state index >= 15 is 0 Å². The minimum Gasteiger partial charge on any atom is -0.444 e. The Bertz CT molecular complexity index is 268. The average Bonchev–Trinajstić information content (AvgIpc) is 2.78. The summed E-state index contributed by atoms with van der Waals surface area (Å²) in [7, 11) is 0. The number of amides is 1. The lowest BCUT2D eigenvalue weighted by Crippen LogP contribution is -2.36. The third kappa shape index (κ3) is 3.37. The van der Waals surface area contributed by atoms with Crippen molar-refractivity contribution >= 4 is 6.09 Å². The van der Waals surface area contributed by atoms with Gasteiger partial charge in [0.1, 0.15) is 5.60 Å².